The predicted molar refractivity (Wildman–Crippen MR) is 115 cm³/mol. The van der Waals surface area contributed by atoms with Gasteiger partial charge >= 0.3 is 0 Å². The summed E-state index contributed by atoms with van der Waals surface area (Å²) in [5.74, 6) is -0.326. The Balaban J connectivity index is 1.50. The van der Waals surface area contributed by atoms with E-state index >= 15 is 0 Å². The van der Waals surface area contributed by atoms with Crippen molar-refractivity contribution in [3.63, 3.8) is 0 Å². The minimum atomic E-state index is -0.405. The minimum Gasteiger partial charge on any atom is -0.378 e. The fraction of sp³-hybridized carbons (Fsp3) is 0.190. The average molecular weight is 403 g/mol. The summed E-state index contributed by atoms with van der Waals surface area (Å²) >= 11 is 0. The Kier molecular flexibility index (Phi) is 5.25. The first-order chi connectivity index (χ1) is 14.5. The van der Waals surface area contributed by atoms with E-state index in [0.29, 0.717) is 17.9 Å². The van der Waals surface area contributed by atoms with Gasteiger partial charge in [0.2, 0.25) is 5.91 Å². The Morgan fingerprint density at radius 2 is 1.80 bits per heavy atom. The molecule has 0 radical (unpaired) electrons. The smallest absolute Gasteiger partial charge is 0.283 e. The molecule has 2 aromatic carbocycles. The summed E-state index contributed by atoms with van der Waals surface area (Å²) in [5, 5.41) is 10.8. The molecule has 2 heterocycles. The number of benzene rings is 2. The molecule has 4 rings (SSSR count). The lowest BCUT2D eigenvalue weighted by Gasteiger charge is -2.13. The fourth-order valence-corrected chi connectivity index (χ4v) is 3.06. The largest absolute Gasteiger partial charge is 0.378 e. The summed E-state index contributed by atoms with van der Waals surface area (Å²) < 4.78 is 2.80. The van der Waals surface area contributed by atoms with Crippen LogP contribution in [0.4, 0.5) is 11.4 Å². The SMILES string of the molecule is CN(C)c1ccc(NC(=O)Cn2cnc3c(nnn3Cc3ccccc3)c2=O)cc1. The maximum atomic E-state index is 12.7. The van der Waals surface area contributed by atoms with Gasteiger partial charge in [-0.15, -0.1) is 5.10 Å². The summed E-state index contributed by atoms with van der Waals surface area (Å²) in [6.07, 6.45) is 1.35. The highest BCUT2D eigenvalue weighted by molar-refractivity contribution is 5.90. The third-order valence-electron chi connectivity index (χ3n) is 4.65. The van der Waals surface area contributed by atoms with Crippen molar-refractivity contribution in [1.82, 2.24) is 24.5 Å². The topological polar surface area (TPSA) is 97.9 Å². The number of nitrogens with one attached hydrogen (secondary N) is 1. The Hall–Kier alpha value is -4.01. The standard InChI is InChI=1S/C21H21N7O2/c1-26(2)17-10-8-16(9-11-17)23-18(29)13-27-14-22-20-19(21(27)30)24-25-28(20)12-15-6-4-3-5-7-15/h3-11,14H,12-13H2,1-2H3,(H,23,29). The highest BCUT2D eigenvalue weighted by atomic mass is 16.2. The molecule has 0 aliphatic rings. The monoisotopic (exact) mass is 403 g/mol. The molecule has 0 bridgehead atoms. The van der Waals surface area contributed by atoms with Gasteiger partial charge in [0, 0.05) is 25.5 Å². The molecular formula is C21H21N7O2. The summed E-state index contributed by atoms with van der Waals surface area (Å²) in [5.41, 5.74) is 2.82. The molecule has 2 aromatic heterocycles. The van der Waals surface area contributed by atoms with Gasteiger partial charge in [-0.2, -0.15) is 0 Å². The van der Waals surface area contributed by atoms with Gasteiger partial charge in [0.15, 0.2) is 11.2 Å². The Bertz CT molecular complexity index is 1230. The van der Waals surface area contributed by atoms with Gasteiger partial charge in [-0.05, 0) is 29.8 Å². The normalized spacial score (nSPS) is 10.9. The highest BCUT2D eigenvalue weighted by Crippen LogP contribution is 2.15. The van der Waals surface area contributed by atoms with E-state index in [4.69, 9.17) is 0 Å². The van der Waals surface area contributed by atoms with Crippen LogP contribution in [0.15, 0.2) is 65.7 Å². The summed E-state index contributed by atoms with van der Waals surface area (Å²) in [4.78, 5) is 31.4. The van der Waals surface area contributed by atoms with Gasteiger partial charge in [0.05, 0.1) is 6.54 Å². The van der Waals surface area contributed by atoms with E-state index in [0.717, 1.165) is 11.3 Å². The zero-order chi connectivity index (χ0) is 21.1. The van der Waals surface area contributed by atoms with Crippen molar-refractivity contribution >= 4 is 28.4 Å². The highest BCUT2D eigenvalue weighted by Gasteiger charge is 2.14. The number of rotatable bonds is 6. The van der Waals surface area contributed by atoms with Gasteiger partial charge in [-0.25, -0.2) is 9.67 Å². The van der Waals surface area contributed by atoms with E-state index in [2.05, 4.69) is 20.6 Å². The molecule has 0 saturated heterocycles. The summed E-state index contributed by atoms with van der Waals surface area (Å²) in [6.45, 7) is 0.292. The Morgan fingerprint density at radius 1 is 1.07 bits per heavy atom. The van der Waals surface area contributed by atoms with E-state index in [-0.39, 0.29) is 18.0 Å². The molecule has 0 unspecified atom stereocenters. The molecular weight excluding hydrogens is 382 g/mol. The number of nitrogens with zero attached hydrogens (tertiary/aromatic N) is 6. The van der Waals surface area contributed by atoms with E-state index in [1.54, 1.807) is 4.68 Å². The zero-order valence-electron chi connectivity index (χ0n) is 16.7. The van der Waals surface area contributed by atoms with Crippen LogP contribution in [-0.4, -0.2) is 44.5 Å². The van der Waals surface area contributed by atoms with Crippen LogP contribution in [0.2, 0.25) is 0 Å². The van der Waals surface area contributed by atoms with Gasteiger partial charge in [-0.1, -0.05) is 35.5 Å². The third kappa shape index (κ3) is 4.04. The van der Waals surface area contributed by atoms with E-state index < -0.39 is 5.56 Å². The number of carbonyl (C=O) groups excluding carboxylic acids is 1. The quantitative estimate of drug-likeness (QED) is 0.527. The number of amides is 1. The van der Waals surface area contributed by atoms with Gasteiger partial charge in [-0.3, -0.25) is 14.2 Å². The number of hydrogen-bond donors (Lipinski definition) is 1. The Labute approximate surface area is 172 Å². The molecule has 0 spiro atoms. The van der Waals surface area contributed by atoms with Crippen LogP contribution in [-0.2, 0) is 17.9 Å². The molecule has 4 aromatic rings. The van der Waals surface area contributed by atoms with Gasteiger partial charge in [0.1, 0.15) is 12.9 Å². The van der Waals surface area contributed by atoms with Crippen LogP contribution in [0.25, 0.3) is 11.2 Å². The average Bonchev–Trinajstić information content (AvgIpc) is 3.14. The molecule has 0 saturated carbocycles. The molecule has 30 heavy (non-hydrogen) atoms. The van der Waals surface area contributed by atoms with Crippen molar-refractivity contribution in [3.8, 4) is 0 Å². The van der Waals surface area contributed by atoms with Crippen molar-refractivity contribution in [2.75, 3.05) is 24.3 Å². The van der Waals surface area contributed by atoms with Crippen molar-refractivity contribution in [2.45, 2.75) is 13.1 Å². The first-order valence-corrected chi connectivity index (χ1v) is 9.41. The Morgan fingerprint density at radius 3 is 2.50 bits per heavy atom. The second kappa shape index (κ2) is 8.16. The molecule has 152 valence electrons. The maximum Gasteiger partial charge on any atom is 0.283 e. The van der Waals surface area contributed by atoms with Crippen LogP contribution in [0.3, 0.4) is 0 Å². The number of anilines is 2. The number of carbonyl (C=O) groups is 1. The molecule has 9 heteroatoms. The van der Waals surface area contributed by atoms with Crippen molar-refractivity contribution in [1.29, 1.82) is 0 Å². The molecule has 0 aliphatic heterocycles. The van der Waals surface area contributed by atoms with E-state index in [9.17, 15) is 9.59 Å². The van der Waals surface area contributed by atoms with Crippen LogP contribution in [0.1, 0.15) is 5.56 Å². The molecule has 1 amide bonds. The number of hydrogen-bond acceptors (Lipinski definition) is 6. The lowest BCUT2D eigenvalue weighted by Crippen LogP contribution is -2.28. The van der Waals surface area contributed by atoms with Gasteiger partial charge in [0.25, 0.3) is 5.56 Å². The predicted octanol–water partition coefficient (Wildman–Crippen LogP) is 1.74. The fourth-order valence-electron chi connectivity index (χ4n) is 3.06. The van der Waals surface area contributed by atoms with Crippen LogP contribution < -0.4 is 15.8 Å². The van der Waals surface area contributed by atoms with E-state index in [1.165, 1.54) is 10.9 Å². The summed E-state index contributed by atoms with van der Waals surface area (Å²) in [7, 11) is 3.89. The minimum absolute atomic E-state index is 0.136. The first-order valence-electron chi connectivity index (χ1n) is 9.41. The van der Waals surface area contributed by atoms with Crippen LogP contribution in [0.5, 0.6) is 0 Å². The van der Waals surface area contributed by atoms with Crippen LogP contribution in [0, 0.1) is 0 Å². The second-order valence-electron chi connectivity index (χ2n) is 7.07. The maximum absolute atomic E-state index is 12.7. The van der Waals surface area contributed by atoms with Crippen molar-refractivity contribution in [2.24, 2.45) is 0 Å². The first kappa shape index (κ1) is 19.3. The number of fused-ring (bicyclic) bond motifs is 1. The molecule has 0 atom stereocenters. The van der Waals surface area contributed by atoms with Crippen LogP contribution >= 0.6 is 0 Å². The lowest BCUT2D eigenvalue weighted by molar-refractivity contribution is -0.116. The second-order valence-corrected chi connectivity index (χ2v) is 7.07. The van der Waals surface area contributed by atoms with Gasteiger partial charge < -0.3 is 10.2 Å². The molecule has 0 aliphatic carbocycles. The van der Waals surface area contributed by atoms with E-state index in [1.807, 2.05) is 73.6 Å². The molecule has 1 N–H and O–H groups in total. The molecule has 9 nitrogen and oxygen atoms in total. The van der Waals surface area contributed by atoms with Crippen molar-refractivity contribution in [3.05, 3.63) is 76.8 Å². The third-order valence-corrected chi connectivity index (χ3v) is 4.65. The summed E-state index contributed by atoms with van der Waals surface area (Å²) in [6, 6.07) is 17.2. The van der Waals surface area contributed by atoms with Crippen molar-refractivity contribution < 1.29 is 4.79 Å². The number of aromatic nitrogens is 5. The lowest BCUT2D eigenvalue weighted by atomic mass is 10.2. The molecule has 0 fully saturated rings. The zero-order valence-corrected chi connectivity index (χ0v) is 16.7.